The van der Waals surface area contributed by atoms with E-state index in [9.17, 15) is 26.4 Å². The minimum atomic E-state index is -4.33. The van der Waals surface area contributed by atoms with Gasteiger partial charge in [-0.2, -0.15) is 17.5 Å². The molecule has 186 valence electrons. The van der Waals surface area contributed by atoms with Crippen LogP contribution in [0.15, 0.2) is 63.2 Å². The second-order valence-corrected chi connectivity index (χ2v) is 12.1. The van der Waals surface area contributed by atoms with Crippen LogP contribution in [0.4, 0.5) is 13.2 Å². The molecule has 1 saturated heterocycles. The van der Waals surface area contributed by atoms with E-state index in [0.717, 1.165) is 4.90 Å². The zero-order chi connectivity index (χ0) is 24.9. The molecule has 0 aromatic heterocycles. The molecule has 2 N–H and O–H groups in total. The molecule has 0 saturated carbocycles. The van der Waals surface area contributed by atoms with E-state index in [1.165, 1.54) is 34.3 Å². The quantitative estimate of drug-likeness (QED) is 0.274. The Labute approximate surface area is 205 Å². The number of halogens is 3. The van der Waals surface area contributed by atoms with Crippen molar-refractivity contribution >= 4 is 39.5 Å². The van der Waals surface area contributed by atoms with Crippen LogP contribution in [-0.2, 0) is 14.8 Å². The van der Waals surface area contributed by atoms with Crippen molar-refractivity contribution in [2.75, 3.05) is 13.1 Å². The van der Waals surface area contributed by atoms with Gasteiger partial charge in [-0.1, -0.05) is 25.1 Å². The van der Waals surface area contributed by atoms with E-state index in [-0.39, 0.29) is 26.8 Å². The average Bonchev–Trinajstić information content (AvgIpc) is 2.80. The zero-order valence-electron chi connectivity index (χ0n) is 18.3. The molecule has 1 unspecified atom stereocenters. The van der Waals surface area contributed by atoms with Crippen LogP contribution in [0.3, 0.4) is 0 Å². The van der Waals surface area contributed by atoms with Crippen molar-refractivity contribution in [3.63, 3.8) is 0 Å². The summed E-state index contributed by atoms with van der Waals surface area (Å²) in [6, 6.07) is 12.5. The largest absolute Gasteiger partial charge is 0.446 e. The summed E-state index contributed by atoms with van der Waals surface area (Å²) < 4.78 is 65.6. The monoisotopic (exact) mass is 534 g/mol. The Kier molecular flexibility index (Phi) is 8.96. The zero-order valence-corrected chi connectivity index (χ0v) is 20.7. The number of sulfonamides is 1. The van der Waals surface area contributed by atoms with Gasteiger partial charge in [0.2, 0.25) is 10.0 Å². The summed E-state index contributed by atoms with van der Waals surface area (Å²) in [6.45, 7) is 2.32. The third kappa shape index (κ3) is 6.69. The van der Waals surface area contributed by atoms with Gasteiger partial charge in [0.1, 0.15) is 0 Å². The molecule has 34 heavy (non-hydrogen) atoms. The van der Waals surface area contributed by atoms with Crippen LogP contribution in [0.2, 0.25) is 0 Å². The number of hydrogen-bond acceptors (Lipinski definition) is 6. The number of piperidine rings is 1. The number of hydroxylamine groups is 1. The summed E-state index contributed by atoms with van der Waals surface area (Å²) in [6.07, 6.45) is 1.48. The van der Waals surface area contributed by atoms with Gasteiger partial charge in [0.25, 0.3) is 5.91 Å². The highest BCUT2D eigenvalue weighted by Gasteiger charge is 2.34. The Hall–Kier alpha value is -1.73. The first-order chi connectivity index (χ1) is 16.0. The van der Waals surface area contributed by atoms with E-state index in [1.54, 1.807) is 42.7 Å². The van der Waals surface area contributed by atoms with E-state index < -0.39 is 27.4 Å². The smallest absolute Gasteiger partial charge is 0.289 e. The number of alkyl halides is 3. The number of hydrogen-bond donors (Lipinski definition) is 2. The van der Waals surface area contributed by atoms with Crippen LogP contribution in [0.25, 0.3) is 0 Å². The summed E-state index contributed by atoms with van der Waals surface area (Å²) in [5, 5.41) is 9.17. The number of thioether (sulfide) groups is 2. The minimum absolute atomic E-state index is 0.0503. The van der Waals surface area contributed by atoms with E-state index >= 15 is 0 Å². The molecule has 0 aliphatic carbocycles. The SMILES string of the molecule is CCC(C(=O)NO)c1ccccc1S(=O)(=O)N1CCC(Sc2ccc(SC(F)(F)F)cc2)CC1. The lowest BCUT2D eigenvalue weighted by Gasteiger charge is -2.32. The fourth-order valence-electron chi connectivity index (χ4n) is 3.87. The molecule has 1 fully saturated rings. The predicted molar refractivity (Wildman–Crippen MR) is 125 cm³/mol. The molecule has 12 heteroatoms. The lowest BCUT2D eigenvalue weighted by atomic mass is 9.96. The van der Waals surface area contributed by atoms with Crippen LogP contribution in [0, 0.1) is 0 Å². The van der Waals surface area contributed by atoms with Crippen molar-refractivity contribution in [3.05, 3.63) is 54.1 Å². The van der Waals surface area contributed by atoms with E-state index in [0.29, 0.717) is 37.9 Å². The molecular formula is C22H25F3N2O4S3. The fourth-order valence-corrected chi connectivity index (χ4v) is 7.26. The molecule has 2 aromatic rings. The number of carbonyl (C=O) groups is 1. The molecule has 0 spiro atoms. The third-order valence-electron chi connectivity index (χ3n) is 5.51. The molecule has 1 aliphatic heterocycles. The van der Waals surface area contributed by atoms with E-state index in [4.69, 9.17) is 5.21 Å². The normalized spacial score (nSPS) is 16.9. The highest BCUT2D eigenvalue weighted by Crippen LogP contribution is 2.39. The van der Waals surface area contributed by atoms with Gasteiger partial charge in [-0.3, -0.25) is 10.0 Å². The minimum Gasteiger partial charge on any atom is -0.289 e. The van der Waals surface area contributed by atoms with Crippen LogP contribution in [0.1, 0.15) is 37.7 Å². The lowest BCUT2D eigenvalue weighted by molar-refractivity contribution is -0.130. The Morgan fingerprint density at radius 2 is 1.71 bits per heavy atom. The van der Waals surface area contributed by atoms with Gasteiger partial charge < -0.3 is 0 Å². The van der Waals surface area contributed by atoms with Crippen LogP contribution in [0.5, 0.6) is 0 Å². The highest BCUT2D eigenvalue weighted by atomic mass is 32.2. The molecule has 2 aromatic carbocycles. The van der Waals surface area contributed by atoms with E-state index in [1.807, 2.05) is 0 Å². The standard InChI is InChI=1S/C22H25F3N2O4S3/c1-2-18(21(28)26-29)19-5-3-4-6-20(19)34(30,31)27-13-11-16(12-14-27)32-15-7-9-17(10-8-15)33-22(23,24)25/h3-10,16,18,29H,2,11-14H2,1H3,(H,26,28). The molecule has 1 aliphatic rings. The molecule has 6 nitrogen and oxygen atoms in total. The number of nitrogens with one attached hydrogen (secondary N) is 1. The molecule has 0 bridgehead atoms. The second kappa shape index (κ2) is 11.3. The number of rotatable bonds is 8. The van der Waals surface area contributed by atoms with Crippen molar-refractivity contribution in [1.29, 1.82) is 0 Å². The van der Waals surface area contributed by atoms with Gasteiger partial charge in [0, 0.05) is 28.1 Å². The number of carbonyl (C=O) groups excluding carboxylic acids is 1. The van der Waals surface area contributed by atoms with Gasteiger partial charge in [-0.25, -0.2) is 13.9 Å². The summed E-state index contributed by atoms with van der Waals surface area (Å²) in [7, 11) is -3.86. The lowest BCUT2D eigenvalue weighted by Crippen LogP contribution is -2.40. The Bertz CT molecular complexity index is 1090. The van der Waals surface area contributed by atoms with Crippen molar-refractivity contribution in [3.8, 4) is 0 Å². The first-order valence-electron chi connectivity index (χ1n) is 10.6. The maximum absolute atomic E-state index is 13.4. The van der Waals surface area contributed by atoms with Crippen molar-refractivity contribution in [1.82, 2.24) is 9.79 Å². The van der Waals surface area contributed by atoms with Crippen LogP contribution in [-0.4, -0.2) is 47.7 Å². The molecular weight excluding hydrogens is 509 g/mol. The average molecular weight is 535 g/mol. The Morgan fingerprint density at radius 3 is 2.26 bits per heavy atom. The summed E-state index contributed by atoms with van der Waals surface area (Å²) in [5.74, 6) is -1.47. The second-order valence-electron chi connectivity index (χ2n) is 7.72. The summed E-state index contributed by atoms with van der Waals surface area (Å²) >= 11 is 1.37. The van der Waals surface area contributed by atoms with Gasteiger partial charge in [0.15, 0.2) is 0 Å². The third-order valence-corrected chi connectivity index (χ3v) is 9.57. The topological polar surface area (TPSA) is 86.7 Å². The summed E-state index contributed by atoms with van der Waals surface area (Å²) in [4.78, 5) is 13.1. The first kappa shape index (κ1) is 26.9. The maximum atomic E-state index is 13.4. The van der Waals surface area contributed by atoms with Crippen LogP contribution >= 0.6 is 23.5 Å². The van der Waals surface area contributed by atoms with Gasteiger partial charge in [0.05, 0.1) is 10.8 Å². The van der Waals surface area contributed by atoms with E-state index in [2.05, 4.69) is 0 Å². The first-order valence-corrected chi connectivity index (χ1v) is 13.7. The van der Waals surface area contributed by atoms with Gasteiger partial charge in [-0.15, -0.1) is 11.8 Å². The fraction of sp³-hybridized carbons (Fsp3) is 0.409. The van der Waals surface area contributed by atoms with Crippen molar-refractivity contribution < 1.29 is 31.6 Å². The Balaban J connectivity index is 1.67. The van der Waals surface area contributed by atoms with Crippen LogP contribution < -0.4 is 5.48 Å². The molecule has 0 radical (unpaired) electrons. The predicted octanol–water partition coefficient (Wildman–Crippen LogP) is 5.24. The van der Waals surface area contributed by atoms with Crippen molar-refractivity contribution in [2.24, 2.45) is 0 Å². The maximum Gasteiger partial charge on any atom is 0.446 e. The highest BCUT2D eigenvalue weighted by molar-refractivity contribution is 8.00. The molecule has 1 amide bonds. The van der Waals surface area contributed by atoms with Gasteiger partial charge in [-0.05, 0) is 66.9 Å². The molecule has 1 atom stereocenters. The Morgan fingerprint density at radius 1 is 1.12 bits per heavy atom. The van der Waals surface area contributed by atoms with Gasteiger partial charge >= 0.3 is 5.51 Å². The number of nitrogens with zero attached hydrogens (tertiary/aromatic N) is 1. The molecule has 1 heterocycles. The van der Waals surface area contributed by atoms with Crippen molar-refractivity contribution in [2.45, 2.75) is 57.5 Å². The number of benzene rings is 2. The summed E-state index contributed by atoms with van der Waals surface area (Å²) in [5.41, 5.74) is -2.38. The molecule has 3 rings (SSSR count). The number of amides is 1.